The van der Waals surface area contributed by atoms with E-state index in [0.29, 0.717) is 12.0 Å². The van der Waals surface area contributed by atoms with Crippen molar-refractivity contribution in [2.24, 2.45) is 10.9 Å². The van der Waals surface area contributed by atoms with Gasteiger partial charge in [-0.1, -0.05) is 23.8 Å². The summed E-state index contributed by atoms with van der Waals surface area (Å²) in [6.07, 6.45) is 0.101. The Kier molecular flexibility index (Phi) is 9.22. The van der Waals surface area contributed by atoms with Gasteiger partial charge in [0.1, 0.15) is 35.5 Å². The van der Waals surface area contributed by atoms with Crippen molar-refractivity contribution < 1.29 is 34.2 Å². The third-order valence-electron chi connectivity index (χ3n) is 5.69. The molecule has 1 saturated heterocycles. The van der Waals surface area contributed by atoms with Crippen LogP contribution >= 0.6 is 34.9 Å². The summed E-state index contributed by atoms with van der Waals surface area (Å²) in [5, 5.41) is 37.5. The van der Waals surface area contributed by atoms with Crippen LogP contribution in [-0.4, -0.2) is 105 Å². The first kappa shape index (κ1) is 29.2. The molecular weight excluding hydrogens is 588 g/mol. The van der Waals surface area contributed by atoms with Gasteiger partial charge < -0.3 is 31.8 Å². The Morgan fingerprint density at radius 1 is 1.38 bits per heavy atom. The summed E-state index contributed by atoms with van der Waals surface area (Å²) < 4.78 is 1.07. The minimum atomic E-state index is -1.31. The molecule has 17 nitrogen and oxygen atoms in total. The van der Waals surface area contributed by atoms with Crippen LogP contribution in [0.5, 0.6) is 0 Å². The lowest BCUT2D eigenvalue weighted by Crippen LogP contribution is -2.71. The number of aromatic nitrogens is 5. The number of carbonyl (C=O) groups excluding carboxylic acids is 2. The van der Waals surface area contributed by atoms with Crippen LogP contribution in [0.4, 0.5) is 5.13 Å². The molecule has 214 valence electrons. The van der Waals surface area contributed by atoms with Gasteiger partial charge in [-0.15, -0.1) is 28.2 Å². The van der Waals surface area contributed by atoms with Crippen molar-refractivity contribution in [2.45, 2.75) is 42.6 Å². The largest absolute Gasteiger partial charge is 0.480 e. The van der Waals surface area contributed by atoms with Crippen LogP contribution in [0.25, 0.3) is 0 Å². The Morgan fingerprint density at radius 2 is 2.15 bits per heavy atom. The summed E-state index contributed by atoms with van der Waals surface area (Å²) in [6, 6.07) is -1.03. The third-order valence-corrected chi connectivity index (χ3v) is 8.74. The van der Waals surface area contributed by atoms with Gasteiger partial charge in [0.2, 0.25) is 5.16 Å². The van der Waals surface area contributed by atoms with E-state index in [1.54, 1.807) is 0 Å². The smallest absolute Gasteiger partial charge is 0.352 e. The Labute approximate surface area is 238 Å². The molecule has 0 spiro atoms. The van der Waals surface area contributed by atoms with E-state index in [0.717, 1.165) is 32.7 Å². The molecule has 3 atom stereocenters. The number of rotatable bonds is 13. The number of fused-ring (bicyclic) bond motifs is 1. The lowest BCUT2D eigenvalue weighted by Gasteiger charge is -2.49. The van der Waals surface area contributed by atoms with Gasteiger partial charge >= 0.3 is 11.9 Å². The maximum atomic E-state index is 13.2. The molecule has 0 saturated carbocycles. The SMILES string of the molecule is CCC(CN)O/N=C(/C(=O)NC1C(=O)N2C(C(=O)O)=C(CSc3nnnn3CC(=O)O)CS[C@H]12)c1csc(N)n1. The summed E-state index contributed by atoms with van der Waals surface area (Å²) in [6.45, 7) is 1.55. The fourth-order valence-corrected chi connectivity index (χ4v) is 6.60. The van der Waals surface area contributed by atoms with Crippen molar-refractivity contribution in [3.63, 3.8) is 0 Å². The molecule has 0 bridgehead atoms. The Hall–Kier alpha value is -3.75. The topological polar surface area (TPSA) is 254 Å². The number of carboxylic acids is 2. The standard InChI is InChI=1S/C20H24N10O7S3/c1-2-9(3-21)37-26-12(10-7-39-19(22)23-10)15(33)24-13-16(34)30-14(18(35)36)8(5-38-17(13)30)6-40-20-25-27-28-29(20)4-11(31)32/h7,9,13,17H,2-6,21H2,1H3,(H2,22,23)(H,24,33)(H,31,32)(H,35,36)/b26-12+/t9?,13?,17-/m1/s1. The number of nitrogens with one attached hydrogen (secondary N) is 1. The van der Waals surface area contributed by atoms with Gasteiger partial charge in [-0.2, -0.15) is 0 Å². The summed E-state index contributed by atoms with van der Waals surface area (Å²) in [7, 11) is 0. The number of nitrogens with zero attached hydrogens (tertiary/aromatic N) is 7. The fraction of sp³-hybridized carbons (Fsp3) is 0.450. The molecule has 1 fully saturated rings. The summed E-state index contributed by atoms with van der Waals surface area (Å²) >= 11 is 3.41. The molecule has 2 aliphatic rings. The maximum absolute atomic E-state index is 13.2. The number of amides is 2. The quantitative estimate of drug-likeness (QED) is 0.0769. The molecule has 2 unspecified atom stereocenters. The number of nitrogens with two attached hydrogens (primary N) is 2. The highest BCUT2D eigenvalue weighted by Crippen LogP contribution is 2.41. The van der Waals surface area contributed by atoms with Crippen molar-refractivity contribution >= 4 is 69.5 Å². The summed E-state index contributed by atoms with van der Waals surface area (Å²) in [4.78, 5) is 60.0. The number of thioether (sulfide) groups is 2. The zero-order valence-electron chi connectivity index (χ0n) is 20.8. The number of hydrogen-bond donors (Lipinski definition) is 5. The van der Waals surface area contributed by atoms with Gasteiger partial charge in [0, 0.05) is 23.4 Å². The van der Waals surface area contributed by atoms with E-state index in [-0.39, 0.29) is 45.4 Å². The van der Waals surface area contributed by atoms with Gasteiger partial charge in [0.15, 0.2) is 10.8 Å². The first-order valence-electron chi connectivity index (χ1n) is 11.6. The van der Waals surface area contributed by atoms with Crippen LogP contribution in [0.3, 0.4) is 0 Å². The molecule has 40 heavy (non-hydrogen) atoms. The van der Waals surface area contributed by atoms with Crippen LogP contribution < -0.4 is 16.8 Å². The Balaban J connectivity index is 1.49. The highest BCUT2D eigenvalue weighted by Gasteiger charge is 2.54. The number of β-lactam (4-membered cyclic amide) rings is 1. The van der Waals surface area contributed by atoms with Crippen LogP contribution in [0.2, 0.25) is 0 Å². The van der Waals surface area contributed by atoms with E-state index in [1.807, 2.05) is 6.92 Å². The summed E-state index contributed by atoms with van der Waals surface area (Å²) in [5.74, 6) is -3.49. The molecule has 0 aromatic carbocycles. The second kappa shape index (κ2) is 12.6. The van der Waals surface area contributed by atoms with E-state index in [1.165, 1.54) is 17.1 Å². The van der Waals surface area contributed by atoms with Crippen LogP contribution in [0, 0.1) is 0 Å². The lowest BCUT2D eigenvalue weighted by molar-refractivity contribution is -0.150. The van der Waals surface area contributed by atoms with Crippen LogP contribution in [0.15, 0.2) is 27.0 Å². The third kappa shape index (κ3) is 6.18. The maximum Gasteiger partial charge on any atom is 0.352 e. The first-order chi connectivity index (χ1) is 19.1. The Morgan fingerprint density at radius 3 is 2.77 bits per heavy atom. The van der Waals surface area contributed by atoms with Crippen molar-refractivity contribution in [1.82, 2.24) is 35.4 Å². The lowest BCUT2D eigenvalue weighted by atomic mass is 10.0. The average Bonchev–Trinajstić information content (AvgIpc) is 3.55. The van der Waals surface area contributed by atoms with Gasteiger partial charge in [0.05, 0.1) is 0 Å². The molecule has 2 amide bonds. The molecule has 2 aromatic heterocycles. The monoisotopic (exact) mass is 612 g/mol. The number of carboxylic acid groups (broad SMARTS) is 2. The molecule has 2 aromatic rings. The number of nitrogen functional groups attached to an aromatic ring is 1. The van der Waals surface area contributed by atoms with Gasteiger partial charge in [-0.25, -0.2) is 14.5 Å². The highest BCUT2D eigenvalue weighted by molar-refractivity contribution is 8.01. The zero-order chi connectivity index (χ0) is 29.0. The Bertz CT molecular complexity index is 1370. The predicted molar refractivity (Wildman–Crippen MR) is 143 cm³/mol. The highest BCUT2D eigenvalue weighted by atomic mass is 32.2. The second-order valence-corrected chi connectivity index (χ2v) is 11.2. The van der Waals surface area contributed by atoms with Crippen LogP contribution in [0.1, 0.15) is 19.0 Å². The van der Waals surface area contributed by atoms with Crippen molar-refractivity contribution in [3.8, 4) is 0 Å². The van der Waals surface area contributed by atoms with E-state index >= 15 is 0 Å². The summed E-state index contributed by atoms with van der Waals surface area (Å²) in [5.41, 5.74) is 11.5. The molecule has 4 rings (SSSR count). The molecule has 4 heterocycles. The minimum Gasteiger partial charge on any atom is -0.480 e. The number of anilines is 1. The first-order valence-corrected chi connectivity index (χ1v) is 14.5. The van der Waals surface area contributed by atoms with E-state index in [4.69, 9.17) is 21.4 Å². The predicted octanol–water partition coefficient (Wildman–Crippen LogP) is -1.21. The van der Waals surface area contributed by atoms with Crippen LogP contribution in [-0.2, 0) is 30.6 Å². The van der Waals surface area contributed by atoms with Crippen molar-refractivity contribution in [1.29, 1.82) is 0 Å². The minimum absolute atomic E-state index is 0.0985. The van der Waals surface area contributed by atoms with E-state index < -0.39 is 47.8 Å². The average molecular weight is 613 g/mol. The van der Waals surface area contributed by atoms with Gasteiger partial charge in [-0.05, 0) is 22.4 Å². The van der Waals surface area contributed by atoms with Crippen molar-refractivity contribution in [2.75, 3.05) is 23.8 Å². The molecule has 0 aliphatic carbocycles. The second-order valence-electron chi connectivity index (χ2n) is 8.30. The normalized spacial score (nSPS) is 19.6. The molecular formula is C20H24N10O7S3. The molecule has 2 aliphatic heterocycles. The number of oxime groups is 1. The van der Waals surface area contributed by atoms with Gasteiger partial charge in [0.25, 0.3) is 11.8 Å². The van der Waals surface area contributed by atoms with E-state index in [9.17, 15) is 24.3 Å². The number of tetrazole rings is 1. The molecule has 20 heteroatoms. The number of carbonyl (C=O) groups is 4. The molecule has 0 radical (unpaired) electrons. The number of thiazole rings is 1. The van der Waals surface area contributed by atoms with Crippen molar-refractivity contribution in [3.05, 3.63) is 22.3 Å². The number of hydrogen-bond acceptors (Lipinski definition) is 15. The van der Waals surface area contributed by atoms with E-state index in [2.05, 4.69) is 31.0 Å². The number of aliphatic carboxylic acids is 2. The zero-order valence-corrected chi connectivity index (χ0v) is 23.2. The molecule has 7 N–H and O–H groups in total. The van der Waals surface area contributed by atoms with Gasteiger partial charge in [-0.3, -0.25) is 19.3 Å². The fourth-order valence-electron chi connectivity index (χ4n) is 3.70.